The van der Waals surface area contributed by atoms with Gasteiger partial charge in [0.05, 0.1) is 18.8 Å². The number of hydrogen-bond acceptors (Lipinski definition) is 5. The molecule has 30 heavy (non-hydrogen) atoms. The van der Waals surface area contributed by atoms with Crippen LogP contribution in [0, 0.1) is 5.82 Å². The van der Waals surface area contributed by atoms with Crippen molar-refractivity contribution in [1.29, 1.82) is 0 Å². The van der Waals surface area contributed by atoms with Crippen molar-refractivity contribution < 1.29 is 13.9 Å². The molecular weight excluding hydrogens is 385 g/mol. The van der Waals surface area contributed by atoms with Crippen molar-refractivity contribution in [2.24, 2.45) is 0 Å². The number of carbonyl (C=O) groups is 1. The van der Waals surface area contributed by atoms with Crippen molar-refractivity contribution in [2.75, 3.05) is 31.1 Å². The summed E-state index contributed by atoms with van der Waals surface area (Å²) in [6.45, 7) is 3.53. The molecule has 5 rings (SSSR count). The average Bonchev–Trinajstić information content (AvgIpc) is 3.23. The monoisotopic (exact) mass is 407 g/mol. The van der Waals surface area contributed by atoms with Crippen LogP contribution in [0.3, 0.4) is 0 Å². The molecule has 1 amide bonds. The van der Waals surface area contributed by atoms with Crippen LogP contribution in [0.2, 0.25) is 0 Å². The van der Waals surface area contributed by atoms with Crippen LogP contribution in [-0.2, 0) is 17.9 Å². The van der Waals surface area contributed by atoms with Gasteiger partial charge < -0.3 is 14.5 Å². The van der Waals surface area contributed by atoms with E-state index in [9.17, 15) is 9.18 Å². The predicted molar refractivity (Wildman–Crippen MR) is 109 cm³/mol. The van der Waals surface area contributed by atoms with Gasteiger partial charge in [0.2, 0.25) is 0 Å². The number of aromatic nitrogens is 3. The number of halogens is 1. The first-order valence-corrected chi connectivity index (χ1v) is 10.1. The van der Waals surface area contributed by atoms with Crippen LogP contribution in [0.15, 0.2) is 54.6 Å². The van der Waals surface area contributed by atoms with E-state index in [1.807, 2.05) is 23.1 Å². The van der Waals surface area contributed by atoms with E-state index in [1.165, 1.54) is 17.8 Å². The molecular formula is C22H22FN5O2. The summed E-state index contributed by atoms with van der Waals surface area (Å²) in [7, 11) is 0. The largest absolute Gasteiger partial charge is 0.368 e. The third-order valence-corrected chi connectivity index (χ3v) is 5.73. The third-order valence-electron chi connectivity index (χ3n) is 5.73. The number of carbonyl (C=O) groups excluding carboxylic acids is 1. The van der Waals surface area contributed by atoms with Gasteiger partial charge in [0.15, 0.2) is 5.69 Å². The van der Waals surface area contributed by atoms with E-state index >= 15 is 0 Å². The maximum absolute atomic E-state index is 13.2. The summed E-state index contributed by atoms with van der Waals surface area (Å²) in [5.41, 5.74) is 3.11. The van der Waals surface area contributed by atoms with Crippen molar-refractivity contribution in [3.05, 3.63) is 77.4 Å². The van der Waals surface area contributed by atoms with Gasteiger partial charge in [0, 0.05) is 31.9 Å². The molecule has 3 heterocycles. The summed E-state index contributed by atoms with van der Waals surface area (Å²) in [6.07, 6.45) is -0.239. The molecule has 0 aliphatic carbocycles. The Morgan fingerprint density at radius 2 is 1.73 bits per heavy atom. The quantitative estimate of drug-likeness (QED) is 0.668. The molecule has 1 atom stereocenters. The summed E-state index contributed by atoms with van der Waals surface area (Å²) in [6, 6.07) is 16.5. The number of benzene rings is 2. The Morgan fingerprint density at radius 3 is 2.47 bits per heavy atom. The Bertz CT molecular complexity index is 1030. The molecule has 0 saturated carbocycles. The Labute approximate surface area is 173 Å². The molecule has 1 unspecified atom stereocenters. The first kappa shape index (κ1) is 18.7. The fourth-order valence-corrected chi connectivity index (χ4v) is 4.01. The third kappa shape index (κ3) is 3.54. The molecule has 3 aromatic rings. The summed E-state index contributed by atoms with van der Waals surface area (Å²) >= 11 is 0. The van der Waals surface area contributed by atoms with Gasteiger partial charge in [0.25, 0.3) is 5.91 Å². The summed E-state index contributed by atoms with van der Waals surface area (Å²) in [5, 5.41) is 8.34. The molecule has 154 valence electrons. The molecule has 7 nitrogen and oxygen atoms in total. The van der Waals surface area contributed by atoms with Crippen molar-refractivity contribution in [2.45, 2.75) is 19.3 Å². The van der Waals surface area contributed by atoms with E-state index in [0.29, 0.717) is 31.0 Å². The van der Waals surface area contributed by atoms with E-state index in [0.717, 1.165) is 18.7 Å². The van der Waals surface area contributed by atoms with Gasteiger partial charge in [-0.3, -0.25) is 4.79 Å². The topological polar surface area (TPSA) is 63.5 Å². The number of ether oxygens (including phenoxy) is 1. The van der Waals surface area contributed by atoms with E-state index in [4.69, 9.17) is 4.74 Å². The van der Waals surface area contributed by atoms with Gasteiger partial charge in [0.1, 0.15) is 11.9 Å². The van der Waals surface area contributed by atoms with Crippen molar-refractivity contribution in [3.8, 4) is 0 Å². The van der Waals surface area contributed by atoms with Crippen LogP contribution < -0.4 is 4.90 Å². The highest BCUT2D eigenvalue weighted by Gasteiger charge is 2.31. The number of amides is 1. The minimum atomic E-state index is -0.281. The molecule has 2 aromatic carbocycles. The molecule has 2 aliphatic heterocycles. The normalized spacial score (nSPS) is 18.9. The minimum absolute atomic E-state index is 0.104. The molecule has 1 fully saturated rings. The SMILES string of the molecule is O=C(c1nnn2c1COC(c1ccc(F)cc1)C2)N1CCN(c2ccccc2)CC1. The summed E-state index contributed by atoms with van der Waals surface area (Å²) < 4.78 is 20.8. The van der Waals surface area contributed by atoms with E-state index < -0.39 is 0 Å². The van der Waals surface area contributed by atoms with Gasteiger partial charge in [-0.05, 0) is 29.8 Å². The molecule has 8 heteroatoms. The van der Waals surface area contributed by atoms with Crippen LogP contribution in [0.4, 0.5) is 10.1 Å². The first-order valence-electron chi connectivity index (χ1n) is 10.1. The van der Waals surface area contributed by atoms with Gasteiger partial charge >= 0.3 is 0 Å². The summed E-state index contributed by atoms with van der Waals surface area (Å²) in [4.78, 5) is 17.2. The second-order valence-electron chi connectivity index (χ2n) is 7.53. The number of rotatable bonds is 3. The van der Waals surface area contributed by atoms with Crippen LogP contribution in [0.25, 0.3) is 0 Å². The summed E-state index contributed by atoms with van der Waals surface area (Å²) in [5.74, 6) is -0.385. The predicted octanol–water partition coefficient (Wildman–Crippen LogP) is 2.65. The lowest BCUT2D eigenvalue weighted by Gasteiger charge is -2.36. The minimum Gasteiger partial charge on any atom is -0.368 e. The van der Waals surface area contributed by atoms with Crippen LogP contribution >= 0.6 is 0 Å². The second-order valence-corrected chi connectivity index (χ2v) is 7.53. The van der Waals surface area contributed by atoms with Gasteiger partial charge in [-0.15, -0.1) is 5.10 Å². The van der Waals surface area contributed by atoms with Crippen molar-refractivity contribution in [1.82, 2.24) is 19.9 Å². The fourth-order valence-electron chi connectivity index (χ4n) is 4.01. The number of para-hydroxylation sites is 1. The molecule has 1 aromatic heterocycles. The Kier molecular flexibility index (Phi) is 4.92. The second kappa shape index (κ2) is 7.87. The number of hydrogen-bond donors (Lipinski definition) is 0. The number of piperazine rings is 1. The molecule has 0 bridgehead atoms. The van der Waals surface area contributed by atoms with Gasteiger partial charge in [-0.25, -0.2) is 9.07 Å². The van der Waals surface area contributed by atoms with Crippen LogP contribution in [-0.4, -0.2) is 52.0 Å². The number of nitrogens with zero attached hydrogens (tertiary/aromatic N) is 5. The Balaban J connectivity index is 1.26. The van der Waals surface area contributed by atoms with E-state index in [2.05, 4.69) is 27.3 Å². The highest BCUT2D eigenvalue weighted by Crippen LogP contribution is 2.27. The van der Waals surface area contributed by atoms with E-state index in [1.54, 1.807) is 16.8 Å². The Hall–Kier alpha value is -3.26. The molecule has 0 spiro atoms. The molecule has 0 radical (unpaired) electrons. The standard InChI is InChI=1S/C22H22FN5O2/c23-17-8-6-16(7-9-17)20-14-28-19(15-30-20)21(24-25-28)22(29)27-12-10-26(11-13-27)18-4-2-1-3-5-18/h1-9,20H,10-15H2. The zero-order valence-electron chi connectivity index (χ0n) is 16.4. The molecule has 0 N–H and O–H groups in total. The number of fused-ring (bicyclic) bond motifs is 1. The van der Waals surface area contributed by atoms with Gasteiger partial charge in [-0.1, -0.05) is 35.5 Å². The zero-order valence-corrected chi connectivity index (χ0v) is 16.4. The van der Waals surface area contributed by atoms with Crippen molar-refractivity contribution >= 4 is 11.6 Å². The first-order chi connectivity index (χ1) is 14.7. The lowest BCUT2D eigenvalue weighted by molar-refractivity contribution is -0.00199. The molecule has 1 saturated heterocycles. The van der Waals surface area contributed by atoms with Crippen LogP contribution in [0.5, 0.6) is 0 Å². The maximum atomic E-state index is 13.2. The molecule has 2 aliphatic rings. The van der Waals surface area contributed by atoms with Crippen molar-refractivity contribution in [3.63, 3.8) is 0 Å². The van der Waals surface area contributed by atoms with Gasteiger partial charge in [-0.2, -0.15) is 0 Å². The number of anilines is 1. The highest BCUT2D eigenvalue weighted by molar-refractivity contribution is 5.93. The smallest absolute Gasteiger partial charge is 0.276 e. The fraction of sp³-hybridized carbons (Fsp3) is 0.318. The lowest BCUT2D eigenvalue weighted by Crippen LogP contribution is -2.49. The zero-order chi connectivity index (χ0) is 20.5. The Morgan fingerprint density at radius 1 is 1.00 bits per heavy atom. The van der Waals surface area contributed by atoms with Crippen LogP contribution in [0.1, 0.15) is 27.8 Å². The highest BCUT2D eigenvalue weighted by atomic mass is 19.1. The maximum Gasteiger partial charge on any atom is 0.276 e. The lowest BCUT2D eigenvalue weighted by atomic mass is 10.1. The average molecular weight is 407 g/mol. The van der Waals surface area contributed by atoms with E-state index in [-0.39, 0.29) is 24.4 Å².